The molecule has 0 spiro atoms. The molecule has 0 fully saturated rings. The first kappa shape index (κ1) is 30.4. The second kappa shape index (κ2) is 21.3. The minimum Gasteiger partial charge on any atom is -0.362 e. The Balaban J connectivity index is 0.00000110. The predicted molar refractivity (Wildman–Crippen MR) is 132 cm³/mol. The van der Waals surface area contributed by atoms with E-state index in [0.717, 1.165) is 20.9 Å². The van der Waals surface area contributed by atoms with Gasteiger partial charge >= 0.3 is 7.82 Å². The molecule has 7 heteroatoms. The van der Waals surface area contributed by atoms with Crippen molar-refractivity contribution in [2.75, 3.05) is 34.5 Å². The molecular weight excluding hydrogens is 411 g/mol. The van der Waals surface area contributed by atoms with Crippen molar-refractivity contribution in [3.63, 3.8) is 0 Å². The van der Waals surface area contributed by atoms with Crippen LogP contribution >= 0.6 is 7.82 Å². The van der Waals surface area contributed by atoms with Crippen LogP contribution in [0.5, 0.6) is 0 Å². The van der Waals surface area contributed by atoms with E-state index in [1.54, 1.807) is 0 Å². The van der Waals surface area contributed by atoms with Crippen molar-refractivity contribution in [3.8, 4) is 0 Å². The van der Waals surface area contributed by atoms with Crippen LogP contribution in [0.3, 0.4) is 0 Å². The van der Waals surface area contributed by atoms with Crippen LogP contribution in [0.4, 0.5) is 0 Å². The van der Waals surface area contributed by atoms with Gasteiger partial charge in [-0.15, -0.1) is 0 Å². The summed E-state index contributed by atoms with van der Waals surface area (Å²) >= 11 is 0. The third-order valence-corrected chi connectivity index (χ3v) is 6.62. The molecule has 0 atom stereocenters. The van der Waals surface area contributed by atoms with Crippen LogP contribution in [0, 0.1) is 0 Å². The van der Waals surface area contributed by atoms with Gasteiger partial charge in [-0.1, -0.05) is 103 Å². The number of phosphoric ester groups is 1. The average molecular weight is 463 g/mol. The van der Waals surface area contributed by atoms with Crippen LogP contribution in [0.15, 0.2) is 12.4 Å². The monoisotopic (exact) mass is 462 g/mol. The van der Waals surface area contributed by atoms with Crippen LogP contribution in [-0.4, -0.2) is 49.2 Å². The fourth-order valence-electron chi connectivity index (χ4n) is 3.67. The summed E-state index contributed by atoms with van der Waals surface area (Å²) in [5, 5.41) is 0. The Bertz CT molecular complexity index is 455. The number of unbranched alkanes of at least 4 members (excludes halogenated alkanes) is 15. The van der Waals surface area contributed by atoms with Gasteiger partial charge in [-0.25, -0.2) is 4.57 Å². The molecule has 0 unspecified atom stereocenters. The van der Waals surface area contributed by atoms with E-state index in [2.05, 4.69) is 45.2 Å². The fraction of sp³-hybridized carbons (Fsp3) is 0.917. The molecule has 6 nitrogen and oxygen atoms in total. The Hall–Kier alpha value is -0.550. The highest BCUT2D eigenvalue weighted by Gasteiger charge is 2.13. The molecule has 1 aliphatic rings. The number of hydrogen-bond acceptors (Lipinski definition) is 5. The highest BCUT2D eigenvalue weighted by molar-refractivity contribution is 7.47. The molecule has 0 bridgehead atoms. The lowest BCUT2D eigenvalue weighted by molar-refractivity contribution is 0.204. The Morgan fingerprint density at radius 1 is 0.742 bits per heavy atom. The number of hydrogen-bond donors (Lipinski definition) is 1. The second-order valence-electron chi connectivity index (χ2n) is 8.65. The molecule has 1 aliphatic heterocycles. The van der Waals surface area contributed by atoms with Crippen molar-refractivity contribution >= 4 is 7.82 Å². The standard InChI is InChI=1S/C22H44N2.C2H7O4P/c1-3-4-5-6-7-8-9-10-11-12-13-14-15-16-17-18-19-24-21-20-23(2)22-24;1-5-7(3,4)6-2/h20-21H,3-19,22H2,1-2H3;1-2H3,(H,3,4). The van der Waals surface area contributed by atoms with Crippen LogP contribution < -0.4 is 0 Å². The van der Waals surface area contributed by atoms with Gasteiger partial charge in [0.2, 0.25) is 0 Å². The number of nitrogens with zero attached hydrogens (tertiary/aromatic N) is 2. The largest absolute Gasteiger partial charge is 0.471 e. The van der Waals surface area contributed by atoms with E-state index < -0.39 is 7.82 Å². The van der Waals surface area contributed by atoms with Gasteiger partial charge in [0, 0.05) is 40.2 Å². The summed E-state index contributed by atoms with van der Waals surface area (Å²) in [5.41, 5.74) is 0. The van der Waals surface area contributed by atoms with E-state index in [-0.39, 0.29) is 0 Å². The Morgan fingerprint density at radius 2 is 1.13 bits per heavy atom. The summed E-state index contributed by atoms with van der Waals surface area (Å²) in [6, 6.07) is 0. The smallest absolute Gasteiger partial charge is 0.362 e. The molecule has 0 aromatic carbocycles. The molecule has 0 saturated carbocycles. The molecular formula is C24H51N2O4P. The zero-order chi connectivity index (χ0) is 23.2. The molecule has 0 radical (unpaired) electrons. The summed E-state index contributed by atoms with van der Waals surface area (Å²) in [7, 11) is 0.692. The van der Waals surface area contributed by atoms with Gasteiger partial charge in [-0.05, 0) is 6.42 Å². The SMILES string of the molecule is CCCCCCCCCCCCCCCCCCN1C=CN(C)C1.COP(=O)(O)OC. The second-order valence-corrected chi connectivity index (χ2v) is 10.3. The van der Waals surface area contributed by atoms with Crippen LogP contribution in [-0.2, 0) is 13.6 Å². The lowest BCUT2D eigenvalue weighted by Crippen LogP contribution is -2.23. The molecule has 1 N–H and O–H groups in total. The van der Waals surface area contributed by atoms with Crippen molar-refractivity contribution in [1.29, 1.82) is 0 Å². The first-order valence-electron chi connectivity index (χ1n) is 12.5. The van der Waals surface area contributed by atoms with Gasteiger partial charge in [-0.2, -0.15) is 0 Å². The van der Waals surface area contributed by atoms with E-state index in [4.69, 9.17) is 4.89 Å². The predicted octanol–water partition coefficient (Wildman–Crippen LogP) is 7.30. The van der Waals surface area contributed by atoms with Gasteiger partial charge in [-0.3, -0.25) is 9.05 Å². The highest BCUT2D eigenvalue weighted by Crippen LogP contribution is 2.40. The van der Waals surface area contributed by atoms with Crippen molar-refractivity contribution in [2.24, 2.45) is 0 Å². The Labute approximate surface area is 193 Å². The molecule has 0 aliphatic carbocycles. The summed E-state index contributed by atoms with van der Waals surface area (Å²) in [6.45, 7) is 4.61. The van der Waals surface area contributed by atoms with Gasteiger partial charge in [0.05, 0.1) is 6.67 Å². The van der Waals surface area contributed by atoms with Gasteiger partial charge < -0.3 is 14.7 Å². The van der Waals surface area contributed by atoms with Crippen LogP contribution in [0.1, 0.15) is 110 Å². The quantitative estimate of drug-likeness (QED) is 0.160. The summed E-state index contributed by atoms with van der Waals surface area (Å²) in [6.07, 6.45) is 27.6. The highest BCUT2D eigenvalue weighted by atomic mass is 31.2. The Kier molecular flexibility index (Phi) is 20.9. The average Bonchev–Trinajstić information content (AvgIpc) is 3.19. The molecule has 0 aromatic heterocycles. The lowest BCUT2D eigenvalue weighted by Gasteiger charge is -2.17. The van der Waals surface area contributed by atoms with Crippen molar-refractivity contribution in [2.45, 2.75) is 110 Å². The van der Waals surface area contributed by atoms with E-state index in [9.17, 15) is 4.57 Å². The third kappa shape index (κ3) is 21.1. The van der Waals surface area contributed by atoms with Crippen LogP contribution in [0.2, 0.25) is 0 Å². The number of phosphoric acid groups is 1. The summed E-state index contributed by atoms with van der Waals surface area (Å²) in [5.74, 6) is 0. The molecule has 1 heterocycles. The Morgan fingerprint density at radius 3 is 1.42 bits per heavy atom. The maximum absolute atomic E-state index is 10.1. The lowest BCUT2D eigenvalue weighted by atomic mass is 10.0. The summed E-state index contributed by atoms with van der Waals surface area (Å²) in [4.78, 5) is 12.9. The van der Waals surface area contributed by atoms with E-state index in [1.807, 2.05) is 0 Å². The molecule has 186 valence electrons. The van der Waals surface area contributed by atoms with Gasteiger partial charge in [0.15, 0.2) is 0 Å². The molecule has 1 rings (SSSR count). The van der Waals surface area contributed by atoms with Crippen LogP contribution in [0.25, 0.3) is 0 Å². The minimum absolute atomic E-state index is 1.08. The maximum Gasteiger partial charge on any atom is 0.471 e. The van der Waals surface area contributed by atoms with E-state index in [0.29, 0.717) is 0 Å². The van der Waals surface area contributed by atoms with Gasteiger partial charge in [0.25, 0.3) is 0 Å². The normalized spacial score (nSPS) is 13.6. The fourth-order valence-corrected chi connectivity index (χ4v) is 3.82. The first-order chi connectivity index (χ1) is 14.9. The zero-order valence-corrected chi connectivity index (χ0v) is 21.8. The molecule has 31 heavy (non-hydrogen) atoms. The molecule has 0 saturated heterocycles. The minimum atomic E-state index is -3.65. The van der Waals surface area contributed by atoms with E-state index >= 15 is 0 Å². The van der Waals surface area contributed by atoms with Crippen molar-refractivity contribution < 1.29 is 18.5 Å². The molecule has 0 amide bonds. The third-order valence-electron chi connectivity index (χ3n) is 5.70. The van der Waals surface area contributed by atoms with Gasteiger partial charge in [0.1, 0.15) is 0 Å². The first-order valence-corrected chi connectivity index (χ1v) is 14.0. The van der Waals surface area contributed by atoms with E-state index in [1.165, 1.54) is 109 Å². The number of rotatable bonds is 19. The van der Waals surface area contributed by atoms with Crippen molar-refractivity contribution in [1.82, 2.24) is 9.80 Å². The van der Waals surface area contributed by atoms with Crippen molar-refractivity contribution in [3.05, 3.63) is 12.4 Å². The zero-order valence-electron chi connectivity index (χ0n) is 20.9. The topological polar surface area (TPSA) is 62.2 Å². The maximum atomic E-state index is 10.1. The summed E-state index contributed by atoms with van der Waals surface area (Å²) < 4.78 is 18.0. The molecule has 0 aromatic rings.